The van der Waals surface area contributed by atoms with Gasteiger partial charge in [-0.1, -0.05) is 13.8 Å². The number of rotatable bonds is 7. The zero-order valence-corrected chi connectivity index (χ0v) is 15.5. The van der Waals surface area contributed by atoms with E-state index < -0.39 is 23.7 Å². The summed E-state index contributed by atoms with van der Waals surface area (Å²) in [6.07, 6.45) is 2.14. The van der Waals surface area contributed by atoms with Crippen LogP contribution >= 0.6 is 11.3 Å². The van der Waals surface area contributed by atoms with Gasteiger partial charge >= 0.3 is 0 Å². The van der Waals surface area contributed by atoms with Crippen LogP contribution < -0.4 is 10.6 Å². The fourth-order valence-corrected chi connectivity index (χ4v) is 3.60. The number of piperidine rings is 1. The van der Waals surface area contributed by atoms with Crippen molar-refractivity contribution in [2.45, 2.75) is 32.7 Å². The van der Waals surface area contributed by atoms with Crippen LogP contribution in [0.25, 0.3) is 11.3 Å². The van der Waals surface area contributed by atoms with Crippen LogP contribution in [0.1, 0.15) is 26.7 Å². The molecule has 0 aliphatic carbocycles. The van der Waals surface area contributed by atoms with Gasteiger partial charge in [-0.25, -0.2) is 4.98 Å². The van der Waals surface area contributed by atoms with Gasteiger partial charge in [0.05, 0.1) is 12.2 Å². The van der Waals surface area contributed by atoms with Gasteiger partial charge in [-0.15, -0.1) is 0 Å². The highest BCUT2D eigenvalue weighted by molar-refractivity contribution is 7.08. The Morgan fingerprint density at radius 1 is 1.46 bits per heavy atom. The van der Waals surface area contributed by atoms with Crippen LogP contribution in [0.5, 0.6) is 0 Å². The number of nitrogens with one attached hydrogen (secondary N) is 2. The molecule has 2 aromatic heterocycles. The van der Waals surface area contributed by atoms with Gasteiger partial charge in [0, 0.05) is 29.8 Å². The van der Waals surface area contributed by atoms with E-state index in [9.17, 15) is 14.4 Å². The molecule has 2 unspecified atom stereocenters. The second kappa shape index (κ2) is 7.82. The minimum absolute atomic E-state index is 0.0217. The number of hydrogen-bond donors (Lipinski definition) is 2. The maximum Gasteiger partial charge on any atom is 0.295 e. The van der Waals surface area contributed by atoms with Gasteiger partial charge in [0.1, 0.15) is 0 Å². The minimum atomic E-state index is -0.601. The maximum absolute atomic E-state index is 12.7. The molecule has 2 N–H and O–H groups in total. The number of thiophene rings is 1. The van der Waals surface area contributed by atoms with Crippen molar-refractivity contribution >= 4 is 34.8 Å². The molecule has 2 atom stereocenters. The first-order chi connectivity index (χ1) is 12.5. The summed E-state index contributed by atoms with van der Waals surface area (Å²) < 4.78 is 5.69. The first-order valence-electron chi connectivity index (χ1n) is 8.55. The molecule has 2 aromatic rings. The van der Waals surface area contributed by atoms with Crippen molar-refractivity contribution in [3.8, 4) is 11.3 Å². The lowest BCUT2D eigenvalue weighted by Gasteiger charge is -2.24. The molecule has 0 aromatic carbocycles. The molecule has 1 aliphatic heterocycles. The molecule has 26 heavy (non-hydrogen) atoms. The van der Waals surface area contributed by atoms with E-state index in [2.05, 4.69) is 15.6 Å². The lowest BCUT2D eigenvalue weighted by Crippen LogP contribution is -2.45. The Morgan fingerprint density at radius 3 is 2.96 bits per heavy atom. The smallest absolute Gasteiger partial charge is 0.295 e. The summed E-state index contributed by atoms with van der Waals surface area (Å²) in [4.78, 5) is 40.3. The van der Waals surface area contributed by atoms with Crippen LogP contribution in [0, 0.1) is 11.8 Å². The summed E-state index contributed by atoms with van der Waals surface area (Å²) >= 11 is 1.56. The zero-order chi connectivity index (χ0) is 18.7. The Morgan fingerprint density at radius 2 is 2.27 bits per heavy atom. The Hall–Kier alpha value is -2.48. The van der Waals surface area contributed by atoms with Gasteiger partial charge in [0.25, 0.3) is 11.9 Å². The molecule has 0 spiro atoms. The number of aromatic nitrogens is 1. The number of amides is 1. The number of carbonyl (C=O) groups excluding carboxylic acids is 3. The molecule has 138 valence electrons. The van der Waals surface area contributed by atoms with Crippen LogP contribution in [-0.4, -0.2) is 35.0 Å². The summed E-state index contributed by atoms with van der Waals surface area (Å²) in [7, 11) is 0. The van der Waals surface area contributed by atoms with Crippen molar-refractivity contribution in [1.82, 2.24) is 10.3 Å². The van der Waals surface area contributed by atoms with Crippen molar-refractivity contribution in [2.24, 2.45) is 11.8 Å². The highest BCUT2D eigenvalue weighted by Gasteiger charge is 2.34. The summed E-state index contributed by atoms with van der Waals surface area (Å²) in [5, 5.41) is 9.44. The van der Waals surface area contributed by atoms with Gasteiger partial charge in [0.2, 0.25) is 5.78 Å². The Kier molecular flexibility index (Phi) is 5.51. The molecule has 3 rings (SSSR count). The van der Waals surface area contributed by atoms with Gasteiger partial charge in [0.15, 0.2) is 11.5 Å². The van der Waals surface area contributed by atoms with Crippen molar-refractivity contribution in [3.05, 3.63) is 23.0 Å². The molecule has 0 saturated carbocycles. The van der Waals surface area contributed by atoms with Crippen LogP contribution in [0.4, 0.5) is 6.01 Å². The van der Waals surface area contributed by atoms with Gasteiger partial charge in [-0.3, -0.25) is 14.4 Å². The highest BCUT2D eigenvalue weighted by Crippen LogP contribution is 2.26. The number of Topliss-reactive ketones (excluding diaryl/α,β-unsaturated/α-hetero) is 2. The number of carbonyl (C=O) groups is 3. The van der Waals surface area contributed by atoms with E-state index in [0.29, 0.717) is 18.7 Å². The Labute approximate surface area is 155 Å². The summed E-state index contributed by atoms with van der Waals surface area (Å²) in [5.74, 6) is -1.18. The zero-order valence-electron chi connectivity index (χ0n) is 14.7. The SMILES string of the molecule is CC(C)C(Nc1ncc(-c2ccsc2)o1)C(=O)CC1CCNC(=O)C1=O. The van der Waals surface area contributed by atoms with Crippen molar-refractivity contribution in [1.29, 1.82) is 0 Å². The van der Waals surface area contributed by atoms with Gasteiger partial charge in [-0.05, 0) is 23.8 Å². The highest BCUT2D eigenvalue weighted by atomic mass is 32.1. The lowest BCUT2D eigenvalue weighted by atomic mass is 9.87. The molecule has 7 nitrogen and oxygen atoms in total. The van der Waals surface area contributed by atoms with E-state index in [4.69, 9.17) is 4.42 Å². The largest absolute Gasteiger partial charge is 0.424 e. The predicted octanol–water partition coefficient (Wildman–Crippen LogP) is 2.50. The average molecular weight is 375 g/mol. The first-order valence-corrected chi connectivity index (χ1v) is 9.49. The first kappa shape index (κ1) is 18.3. The van der Waals surface area contributed by atoms with E-state index >= 15 is 0 Å². The van der Waals surface area contributed by atoms with Crippen LogP contribution in [0.2, 0.25) is 0 Å². The van der Waals surface area contributed by atoms with E-state index in [1.807, 2.05) is 30.7 Å². The molecule has 1 fully saturated rings. The second-order valence-corrected chi connectivity index (χ2v) is 7.46. The van der Waals surface area contributed by atoms with Crippen molar-refractivity contribution < 1.29 is 18.8 Å². The second-order valence-electron chi connectivity index (χ2n) is 6.68. The molecular formula is C18H21N3O4S. The number of ketones is 2. The number of anilines is 1. The van der Waals surface area contributed by atoms with Crippen molar-refractivity contribution in [3.63, 3.8) is 0 Å². The monoisotopic (exact) mass is 375 g/mol. The third-order valence-corrected chi connectivity index (χ3v) is 5.11. The predicted molar refractivity (Wildman–Crippen MR) is 97.8 cm³/mol. The normalized spacial score (nSPS) is 18.7. The number of nitrogens with zero attached hydrogens (tertiary/aromatic N) is 1. The molecule has 0 radical (unpaired) electrons. The molecule has 1 aliphatic rings. The third-order valence-electron chi connectivity index (χ3n) is 4.42. The van der Waals surface area contributed by atoms with E-state index in [1.165, 1.54) is 0 Å². The Balaban J connectivity index is 1.68. The topological polar surface area (TPSA) is 101 Å². The number of oxazole rings is 1. The molecule has 3 heterocycles. The molecule has 1 amide bonds. The lowest BCUT2D eigenvalue weighted by molar-refractivity contribution is -0.143. The maximum atomic E-state index is 12.7. The fraction of sp³-hybridized carbons (Fsp3) is 0.444. The van der Waals surface area contributed by atoms with Crippen molar-refractivity contribution in [2.75, 3.05) is 11.9 Å². The average Bonchev–Trinajstić information content (AvgIpc) is 3.27. The van der Waals surface area contributed by atoms with E-state index in [0.717, 1.165) is 5.56 Å². The van der Waals surface area contributed by atoms with Crippen LogP contribution in [0.15, 0.2) is 27.4 Å². The molecular weight excluding hydrogens is 354 g/mol. The molecule has 0 bridgehead atoms. The summed E-state index contributed by atoms with van der Waals surface area (Å²) in [5.41, 5.74) is 0.932. The summed E-state index contributed by atoms with van der Waals surface area (Å²) in [6, 6.07) is 1.66. The minimum Gasteiger partial charge on any atom is -0.424 e. The third kappa shape index (κ3) is 4.01. The van der Waals surface area contributed by atoms with E-state index in [-0.39, 0.29) is 24.1 Å². The van der Waals surface area contributed by atoms with Crippen LogP contribution in [-0.2, 0) is 14.4 Å². The fourth-order valence-electron chi connectivity index (χ4n) is 2.96. The van der Waals surface area contributed by atoms with Gasteiger partial charge < -0.3 is 15.1 Å². The molecule has 8 heteroatoms. The number of hydrogen-bond acceptors (Lipinski definition) is 7. The Bertz CT molecular complexity index is 797. The van der Waals surface area contributed by atoms with Gasteiger partial charge in [-0.2, -0.15) is 11.3 Å². The molecule has 1 saturated heterocycles. The summed E-state index contributed by atoms with van der Waals surface area (Å²) in [6.45, 7) is 4.24. The van der Waals surface area contributed by atoms with Crippen LogP contribution in [0.3, 0.4) is 0 Å². The van der Waals surface area contributed by atoms with E-state index in [1.54, 1.807) is 17.5 Å². The standard InChI is InChI=1S/C18H21N3O4S/c1-10(2)15(13(22)7-11-3-5-19-17(24)16(11)23)21-18-20-8-14(25-18)12-4-6-26-9-12/h4,6,8-11,15H,3,5,7H2,1-2H3,(H,19,24)(H,20,21). The quantitative estimate of drug-likeness (QED) is 0.721.